The van der Waals surface area contributed by atoms with Gasteiger partial charge in [0, 0.05) is 10.4 Å². The molecule has 1 aromatic rings. The second kappa shape index (κ2) is 4.33. The highest BCUT2D eigenvalue weighted by Gasteiger charge is 2.32. The van der Waals surface area contributed by atoms with Crippen molar-refractivity contribution < 1.29 is 9.53 Å². The molecule has 0 unspecified atom stereocenters. The first kappa shape index (κ1) is 11.1. The van der Waals surface area contributed by atoms with Crippen LogP contribution >= 0.6 is 15.9 Å². The van der Waals surface area contributed by atoms with Gasteiger partial charge in [-0.1, -0.05) is 22.4 Å². The molecule has 0 saturated heterocycles. The third-order valence-electron chi connectivity index (χ3n) is 3.51. The maximum atomic E-state index is 12.3. The van der Waals surface area contributed by atoms with Crippen LogP contribution in [0.1, 0.15) is 19.3 Å². The molecule has 1 heterocycles. The topological polar surface area (TPSA) is 29.5 Å². The number of carbonyl (C=O) groups excluding carboxylic acids is 1. The normalized spacial score (nSPS) is 19.2. The fraction of sp³-hybridized carbons (Fsp3) is 0.462. The molecule has 0 atom stereocenters. The van der Waals surface area contributed by atoms with Crippen LogP contribution in [0.2, 0.25) is 0 Å². The number of ether oxygens (including phenoxy) is 1. The standard InChI is InChI=1S/C13H14BrNO2/c14-10-4-5-11-12(8-10)17-7-6-15(11)13(16)9-2-1-3-9/h4-5,8-9H,1-3,6-7H2. The van der Waals surface area contributed by atoms with Gasteiger partial charge >= 0.3 is 0 Å². The summed E-state index contributed by atoms with van der Waals surface area (Å²) in [6.45, 7) is 1.26. The lowest BCUT2D eigenvalue weighted by Crippen LogP contribution is -2.43. The summed E-state index contributed by atoms with van der Waals surface area (Å²) in [4.78, 5) is 14.2. The van der Waals surface area contributed by atoms with Gasteiger partial charge in [0.2, 0.25) is 5.91 Å². The number of rotatable bonds is 1. The number of fused-ring (bicyclic) bond motifs is 1. The Balaban J connectivity index is 1.90. The maximum Gasteiger partial charge on any atom is 0.230 e. The van der Waals surface area contributed by atoms with E-state index >= 15 is 0 Å². The van der Waals surface area contributed by atoms with Crippen molar-refractivity contribution in [3.05, 3.63) is 22.7 Å². The summed E-state index contributed by atoms with van der Waals surface area (Å²) in [7, 11) is 0. The average Bonchev–Trinajstić information content (AvgIpc) is 2.25. The zero-order valence-electron chi connectivity index (χ0n) is 9.49. The summed E-state index contributed by atoms with van der Waals surface area (Å²) in [5.74, 6) is 1.31. The molecule has 1 aliphatic heterocycles. The lowest BCUT2D eigenvalue weighted by Gasteiger charge is -2.35. The van der Waals surface area contributed by atoms with E-state index in [0.29, 0.717) is 13.2 Å². The third-order valence-corrected chi connectivity index (χ3v) is 4.00. The van der Waals surface area contributed by atoms with Gasteiger partial charge in [0.15, 0.2) is 0 Å². The number of carbonyl (C=O) groups is 1. The van der Waals surface area contributed by atoms with E-state index in [1.165, 1.54) is 6.42 Å². The Morgan fingerprint density at radius 1 is 1.41 bits per heavy atom. The average molecular weight is 296 g/mol. The summed E-state index contributed by atoms with van der Waals surface area (Å²) >= 11 is 3.42. The molecule has 1 amide bonds. The highest BCUT2D eigenvalue weighted by molar-refractivity contribution is 9.10. The Kier molecular flexibility index (Phi) is 2.82. The van der Waals surface area contributed by atoms with Crippen LogP contribution in [0.15, 0.2) is 22.7 Å². The van der Waals surface area contributed by atoms with E-state index in [2.05, 4.69) is 15.9 Å². The van der Waals surface area contributed by atoms with Gasteiger partial charge < -0.3 is 9.64 Å². The van der Waals surface area contributed by atoms with E-state index in [9.17, 15) is 4.79 Å². The van der Waals surface area contributed by atoms with Crippen LogP contribution in [0.5, 0.6) is 5.75 Å². The minimum Gasteiger partial charge on any atom is -0.489 e. The van der Waals surface area contributed by atoms with Crippen molar-refractivity contribution in [2.75, 3.05) is 18.1 Å². The van der Waals surface area contributed by atoms with Gasteiger partial charge in [0.05, 0.1) is 12.2 Å². The van der Waals surface area contributed by atoms with Crippen molar-refractivity contribution in [1.29, 1.82) is 0 Å². The Labute approximate surface area is 109 Å². The molecule has 1 fully saturated rings. The van der Waals surface area contributed by atoms with Crippen LogP contribution in [0, 0.1) is 5.92 Å². The lowest BCUT2D eigenvalue weighted by atomic mass is 9.84. The molecular formula is C13H14BrNO2. The maximum absolute atomic E-state index is 12.3. The summed E-state index contributed by atoms with van der Waals surface area (Å²) in [5, 5.41) is 0. The third kappa shape index (κ3) is 1.95. The minimum absolute atomic E-state index is 0.240. The van der Waals surface area contributed by atoms with Crippen LogP contribution in [-0.2, 0) is 4.79 Å². The number of halogens is 1. The van der Waals surface area contributed by atoms with Crippen LogP contribution in [0.3, 0.4) is 0 Å². The van der Waals surface area contributed by atoms with E-state index in [1.807, 2.05) is 23.1 Å². The molecule has 3 nitrogen and oxygen atoms in total. The molecule has 17 heavy (non-hydrogen) atoms. The monoisotopic (exact) mass is 295 g/mol. The number of amides is 1. The van der Waals surface area contributed by atoms with Gasteiger partial charge in [0.1, 0.15) is 12.4 Å². The summed E-state index contributed by atoms with van der Waals surface area (Å²) in [6, 6.07) is 5.83. The van der Waals surface area contributed by atoms with Gasteiger partial charge in [-0.25, -0.2) is 0 Å². The Hall–Kier alpha value is -1.03. The van der Waals surface area contributed by atoms with Crippen molar-refractivity contribution in [2.45, 2.75) is 19.3 Å². The number of nitrogens with zero attached hydrogens (tertiary/aromatic N) is 1. The Morgan fingerprint density at radius 2 is 2.24 bits per heavy atom. The Bertz CT molecular complexity index is 457. The first-order valence-corrected chi connectivity index (χ1v) is 6.79. The van der Waals surface area contributed by atoms with Gasteiger partial charge in [-0.15, -0.1) is 0 Å². The molecule has 0 bridgehead atoms. The molecule has 2 aliphatic rings. The van der Waals surface area contributed by atoms with Crippen LogP contribution in [0.25, 0.3) is 0 Å². The number of benzene rings is 1. The van der Waals surface area contributed by atoms with E-state index in [-0.39, 0.29) is 11.8 Å². The molecule has 0 aromatic heterocycles. The molecule has 0 spiro atoms. The van der Waals surface area contributed by atoms with E-state index in [1.54, 1.807) is 0 Å². The fourth-order valence-corrected chi connectivity index (χ4v) is 2.64. The smallest absolute Gasteiger partial charge is 0.230 e. The van der Waals surface area contributed by atoms with Gasteiger partial charge in [0.25, 0.3) is 0 Å². The summed E-state index contributed by atoms with van der Waals surface area (Å²) < 4.78 is 6.57. The largest absolute Gasteiger partial charge is 0.489 e. The highest BCUT2D eigenvalue weighted by Crippen LogP contribution is 2.37. The molecular weight excluding hydrogens is 282 g/mol. The minimum atomic E-state index is 0.240. The first-order chi connectivity index (χ1) is 8.25. The van der Waals surface area contributed by atoms with Gasteiger partial charge in [-0.2, -0.15) is 0 Å². The van der Waals surface area contributed by atoms with Crippen LogP contribution in [0.4, 0.5) is 5.69 Å². The molecule has 0 radical (unpaired) electrons. The summed E-state index contributed by atoms with van der Waals surface area (Å²) in [6.07, 6.45) is 3.28. The summed E-state index contributed by atoms with van der Waals surface area (Å²) in [5.41, 5.74) is 0.913. The van der Waals surface area contributed by atoms with Gasteiger partial charge in [-0.3, -0.25) is 4.79 Å². The molecule has 1 aromatic carbocycles. The lowest BCUT2D eigenvalue weighted by molar-refractivity contribution is -0.124. The quantitative estimate of drug-likeness (QED) is 0.797. The second-order valence-corrected chi connectivity index (χ2v) is 5.49. The molecule has 0 N–H and O–H groups in total. The molecule has 1 saturated carbocycles. The van der Waals surface area contributed by atoms with Crippen molar-refractivity contribution in [1.82, 2.24) is 0 Å². The number of hydrogen-bond acceptors (Lipinski definition) is 2. The SMILES string of the molecule is O=C(C1CCC1)N1CCOc2cc(Br)ccc21. The zero-order valence-corrected chi connectivity index (χ0v) is 11.1. The zero-order chi connectivity index (χ0) is 11.8. The predicted octanol–water partition coefficient (Wildman–Crippen LogP) is 2.97. The number of anilines is 1. The Morgan fingerprint density at radius 3 is 2.94 bits per heavy atom. The van der Waals surface area contributed by atoms with E-state index in [4.69, 9.17) is 4.74 Å². The number of hydrogen-bond donors (Lipinski definition) is 0. The van der Waals surface area contributed by atoms with E-state index in [0.717, 1.165) is 28.8 Å². The van der Waals surface area contributed by atoms with Crippen molar-refractivity contribution in [3.63, 3.8) is 0 Å². The van der Waals surface area contributed by atoms with Crippen molar-refractivity contribution in [3.8, 4) is 5.75 Å². The van der Waals surface area contributed by atoms with Crippen LogP contribution in [-0.4, -0.2) is 19.1 Å². The molecule has 1 aliphatic carbocycles. The predicted molar refractivity (Wildman–Crippen MR) is 69.3 cm³/mol. The van der Waals surface area contributed by atoms with Crippen molar-refractivity contribution in [2.24, 2.45) is 5.92 Å². The fourth-order valence-electron chi connectivity index (χ4n) is 2.30. The van der Waals surface area contributed by atoms with Crippen molar-refractivity contribution >= 4 is 27.5 Å². The molecule has 3 rings (SSSR count). The molecule has 90 valence electrons. The van der Waals surface area contributed by atoms with E-state index < -0.39 is 0 Å². The highest BCUT2D eigenvalue weighted by atomic mass is 79.9. The molecule has 4 heteroatoms. The first-order valence-electron chi connectivity index (χ1n) is 5.99. The van der Waals surface area contributed by atoms with Gasteiger partial charge in [-0.05, 0) is 31.0 Å². The second-order valence-electron chi connectivity index (χ2n) is 4.58. The van der Waals surface area contributed by atoms with Crippen LogP contribution < -0.4 is 9.64 Å².